The smallest absolute Gasteiger partial charge is 0.251 e. The second-order valence-electron chi connectivity index (χ2n) is 5.81. The first-order valence-corrected chi connectivity index (χ1v) is 8.23. The molecular weight excluding hydrogens is 338 g/mol. The quantitative estimate of drug-likeness (QED) is 0.713. The Morgan fingerprint density at radius 2 is 1.84 bits per heavy atom. The lowest BCUT2D eigenvalue weighted by atomic mass is 10.0. The normalized spacial score (nSPS) is 12.0. The molecule has 1 atom stereocenters. The first kappa shape index (κ1) is 17.1. The Kier molecular flexibility index (Phi) is 4.81. The third kappa shape index (κ3) is 3.54. The summed E-state index contributed by atoms with van der Waals surface area (Å²) in [6.45, 7) is 1.92. The van der Waals surface area contributed by atoms with Crippen molar-refractivity contribution in [3.8, 4) is 11.5 Å². The molecule has 0 unspecified atom stereocenters. The summed E-state index contributed by atoms with van der Waals surface area (Å²) in [5, 5.41) is 15.1. The fourth-order valence-corrected chi connectivity index (χ4v) is 2.91. The van der Waals surface area contributed by atoms with Gasteiger partial charge in [-0.3, -0.25) is 4.79 Å². The van der Waals surface area contributed by atoms with Gasteiger partial charge in [-0.05, 0) is 41.5 Å². The van der Waals surface area contributed by atoms with Gasteiger partial charge in [0.25, 0.3) is 5.91 Å². The van der Waals surface area contributed by atoms with Crippen LogP contribution in [-0.4, -0.2) is 18.1 Å². The molecule has 0 aliphatic carbocycles. The van der Waals surface area contributed by atoms with Crippen LogP contribution in [0.4, 0.5) is 0 Å². The van der Waals surface area contributed by atoms with Crippen molar-refractivity contribution in [3.05, 3.63) is 70.7 Å². The Morgan fingerprint density at radius 1 is 1.12 bits per heavy atom. The van der Waals surface area contributed by atoms with E-state index in [9.17, 15) is 9.90 Å². The van der Waals surface area contributed by atoms with Crippen LogP contribution in [-0.2, 0) is 0 Å². The average molecular weight is 356 g/mol. The molecule has 128 valence electrons. The van der Waals surface area contributed by atoms with Crippen molar-refractivity contribution in [1.82, 2.24) is 5.32 Å². The van der Waals surface area contributed by atoms with Gasteiger partial charge in [0, 0.05) is 5.56 Å². The van der Waals surface area contributed by atoms with Crippen LogP contribution in [0.25, 0.3) is 10.8 Å². The molecule has 0 aliphatic rings. The number of carbonyl (C=O) groups excluding carboxylic acids is 1. The molecule has 3 aromatic carbocycles. The van der Waals surface area contributed by atoms with Crippen LogP contribution < -0.4 is 10.1 Å². The minimum atomic E-state index is -0.291. The van der Waals surface area contributed by atoms with Crippen molar-refractivity contribution in [2.75, 3.05) is 7.11 Å². The van der Waals surface area contributed by atoms with Gasteiger partial charge < -0.3 is 15.2 Å². The molecule has 5 heteroatoms. The molecule has 0 radical (unpaired) electrons. The Labute approximate surface area is 151 Å². The summed E-state index contributed by atoms with van der Waals surface area (Å²) in [5.74, 6) is -0.305. The molecule has 0 spiro atoms. The van der Waals surface area contributed by atoms with E-state index in [2.05, 4.69) is 11.4 Å². The number of aromatic hydroxyl groups is 1. The van der Waals surface area contributed by atoms with Gasteiger partial charge in [-0.15, -0.1) is 0 Å². The van der Waals surface area contributed by atoms with Gasteiger partial charge in [-0.1, -0.05) is 48.0 Å². The summed E-state index contributed by atoms with van der Waals surface area (Å²) in [6, 6.07) is 16.9. The number of phenolic OH excluding ortho intramolecular Hbond substituents is 1. The number of ether oxygens (including phenoxy) is 1. The lowest BCUT2D eigenvalue weighted by molar-refractivity contribution is 0.0939. The van der Waals surface area contributed by atoms with E-state index < -0.39 is 0 Å². The number of amides is 1. The van der Waals surface area contributed by atoms with E-state index in [0.717, 1.165) is 16.3 Å². The van der Waals surface area contributed by atoms with Crippen LogP contribution in [0.3, 0.4) is 0 Å². The predicted molar refractivity (Wildman–Crippen MR) is 99.5 cm³/mol. The molecule has 3 rings (SSSR count). The summed E-state index contributed by atoms with van der Waals surface area (Å²) in [7, 11) is 1.41. The Hall–Kier alpha value is -2.72. The highest BCUT2D eigenvalue weighted by molar-refractivity contribution is 6.32. The van der Waals surface area contributed by atoms with Crippen LogP contribution in [0.2, 0.25) is 5.02 Å². The molecule has 1 amide bonds. The third-order valence-electron chi connectivity index (χ3n) is 4.13. The minimum Gasteiger partial charge on any atom is -0.503 e. The third-order valence-corrected chi connectivity index (χ3v) is 4.42. The summed E-state index contributed by atoms with van der Waals surface area (Å²) in [5.41, 5.74) is 1.33. The van der Waals surface area contributed by atoms with Gasteiger partial charge in [0.1, 0.15) is 0 Å². The zero-order chi connectivity index (χ0) is 18.0. The number of methoxy groups -OCH3 is 1. The molecular formula is C20H18ClNO3. The van der Waals surface area contributed by atoms with Gasteiger partial charge in [-0.2, -0.15) is 0 Å². The van der Waals surface area contributed by atoms with Crippen molar-refractivity contribution in [2.45, 2.75) is 13.0 Å². The fourth-order valence-electron chi connectivity index (χ4n) is 2.70. The van der Waals surface area contributed by atoms with Gasteiger partial charge in [-0.25, -0.2) is 0 Å². The van der Waals surface area contributed by atoms with E-state index in [-0.39, 0.29) is 28.5 Å². The van der Waals surface area contributed by atoms with E-state index in [4.69, 9.17) is 16.3 Å². The van der Waals surface area contributed by atoms with Crippen LogP contribution in [0.5, 0.6) is 11.5 Å². The summed E-state index contributed by atoms with van der Waals surface area (Å²) in [4.78, 5) is 12.5. The summed E-state index contributed by atoms with van der Waals surface area (Å²) in [6.07, 6.45) is 0. The number of phenols is 1. The second-order valence-corrected chi connectivity index (χ2v) is 6.22. The zero-order valence-electron chi connectivity index (χ0n) is 13.9. The summed E-state index contributed by atoms with van der Waals surface area (Å²) < 4.78 is 5.04. The number of nitrogens with one attached hydrogen (secondary N) is 1. The van der Waals surface area contributed by atoms with Crippen molar-refractivity contribution in [2.24, 2.45) is 0 Å². The summed E-state index contributed by atoms with van der Waals surface area (Å²) >= 11 is 5.95. The fraction of sp³-hybridized carbons (Fsp3) is 0.150. The van der Waals surface area contributed by atoms with E-state index in [1.807, 2.05) is 43.3 Å². The number of fused-ring (bicyclic) bond motifs is 1. The van der Waals surface area contributed by atoms with Crippen molar-refractivity contribution >= 4 is 28.3 Å². The van der Waals surface area contributed by atoms with E-state index in [0.29, 0.717) is 5.56 Å². The molecule has 2 N–H and O–H groups in total. The highest BCUT2D eigenvalue weighted by atomic mass is 35.5. The lowest BCUT2D eigenvalue weighted by Gasteiger charge is -2.16. The van der Waals surface area contributed by atoms with Gasteiger partial charge in [0.05, 0.1) is 18.2 Å². The first-order chi connectivity index (χ1) is 12.0. The predicted octanol–water partition coefficient (Wildman–Crippen LogP) is 4.70. The number of halogens is 1. The molecule has 0 heterocycles. The van der Waals surface area contributed by atoms with Crippen LogP contribution in [0.15, 0.2) is 54.6 Å². The number of benzene rings is 3. The maximum absolute atomic E-state index is 12.5. The molecule has 0 saturated carbocycles. The Morgan fingerprint density at radius 3 is 2.56 bits per heavy atom. The molecule has 0 aromatic heterocycles. The number of carbonyl (C=O) groups is 1. The molecule has 25 heavy (non-hydrogen) atoms. The SMILES string of the molecule is COc1cc(C(=O)N[C@H](C)c2ccc3ccccc3c2)cc(Cl)c1O. The minimum absolute atomic E-state index is 0.0721. The average Bonchev–Trinajstić information content (AvgIpc) is 2.63. The lowest BCUT2D eigenvalue weighted by Crippen LogP contribution is -2.26. The van der Waals surface area contributed by atoms with Crippen LogP contribution in [0.1, 0.15) is 28.9 Å². The van der Waals surface area contributed by atoms with Crippen molar-refractivity contribution < 1.29 is 14.6 Å². The maximum Gasteiger partial charge on any atom is 0.251 e. The first-order valence-electron chi connectivity index (χ1n) is 7.85. The molecule has 0 fully saturated rings. The largest absolute Gasteiger partial charge is 0.503 e. The van der Waals surface area contributed by atoms with Gasteiger partial charge in [0.2, 0.25) is 0 Å². The van der Waals surface area contributed by atoms with Crippen molar-refractivity contribution in [3.63, 3.8) is 0 Å². The number of rotatable bonds is 4. The Bertz CT molecular complexity index is 939. The molecule has 3 aromatic rings. The number of hydrogen-bond acceptors (Lipinski definition) is 3. The molecule has 0 bridgehead atoms. The van der Waals surface area contributed by atoms with Crippen LogP contribution in [0, 0.1) is 0 Å². The monoisotopic (exact) mass is 355 g/mol. The van der Waals surface area contributed by atoms with E-state index in [1.165, 1.54) is 19.2 Å². The van der Waals surface area contributed by atoms with Crippen molar-refractivity contribution in [1.29, 1.82) is 0 Å². The molecule has 0 aliphatic heterocycles. The molecule has 0 saturated heterocycles. The standard InChI is InChI=1S/C20H18ClNO3/c1-12(14-8-7-13-5-3-4-6-15(13)9-14)22-20(24)16-10-17(21)19(23)18(11-16)25-2/h3-12,23H,1-2H3,(H,22,24)/t12-/m1/s1. The maximum atomic E-state index is 12.5. The number of hydrogen-bond donors (Lipinski definition) is 2. The van der Waals surface area contributed by atoms with E-state index >= 15 is 0 Å². The van der Waals surface area contributed by atoms with Gasteiger partial charge >= 0.3 is 0 Å². The highest BCUT2D eigenvalue weighted by Crippen LogP contribution is 2.35. The van der Waals surface area contributed by atoms with E-state index in [1.54, 1.807) is 0 Å². The van der Waals surface area contributed by atoms with Crippen LogP contribution >= 0.6 is 11.6 Å². The zero-order valence-corrected chi connectivity index (χ0v) is 14.7. The Balaban J connectivity index is 1.83. The van der Waals surface area contributed by atoms with Gasteiger partial charge in [0.15, 0.2) is 11.5 Å². The highest BCUT2D eigenvalue weighted by Gasteiger charge is 2.16. The molecule has 4 nitrogen and oxygen atoms in total. The topological polar surface area (TPSA) is 58.6 Å². The second kappa shape index (κ2) is 7.03.